The van der Waals surface area contributed by atoms with Crippen molar-refractivity contribution < 1.29 is 4.39 Å². The van der Waals surface area contributed by atoms with E-state index in [9.17, 15) is 4.39 Å². The van der Waals surface area contributed by atoms with E-state index in [1.807, 2.05) is 6.07 Å². The SMILES string of the molecule is CCNC(Cc1cccc(F)c1Cl)C1CC1(C)C. The molecule has 0 amide bonds. The van der Waals surface area contributed by atoms with E-state index in [4.69, 9.17) is 11.6 Å². The topological polar surface area (TPSA) is 12.0 Å². The largest absolute Gasteiger partial charge is 0.314 e. The maximum absolute atomic E-state index is 13.4. The van der Waals surface area contributed by atoms with Gasteiger partial charge in [-0.25, -0.2) is 4.39 Å². The Bertz CT molecular complexity index is 431. The Morgan fingerprint density at radius 2 is 2.17 bits per heavy atom. The summed E-state index contributed by atoms with van der Waals surface area (Å²) in [5, 5.41) is 3.79. The van der Waals surface area contributed by atoms with Crippen molar-refractivity contribution in [3.63, 3.8) is 0 Å². The van der Waals surface area contributed by atoms with Gasteiger partial charge in [-0.3, -0.25) is 0 Å². The molecule has 1 aliphatic carbocycles. The molecule has 0 aromatic heterocycles. The van der Waals surface area contributed by atoms with Gasteiger partial charge in [-0.2, -0.15) is 0 Å². The van der Waals surface area contributed by atoms with E-state index < -0.39 is 0 Å². The Morgan fingerprint density at radius 1 is 1.50 bits per heavy atom. The molecule has 0 saturated heterocycles. The van der Waals surface area contributed by atoms with Gasteiger partial charge in [0, 0.05) is 6.04 Å². The second kappa shape index (κ2) is 5.18. The fraction of sp³-hybridized carbons (Fsp3) is 0.600. The van der Waals surface area contributed by atoms with Crippen molar-refractivity contribution in [2.24, 2.45) is 11.3 Å². The molecule has 2 atom stereocenters. The third-order valence-electron chi connectivity index (χ3n) is 4.01. The highest BCUT2D eigenvalue weighted by Gasteiger charge is 2.49. The number of benzene rings is 1. The average molecular weight is 270 g/mol. The van der Waals surface area contributed by atoms with Crippen LogP contribution in [-0.4, -0.2) is 12.6 Å². The van der Waals surface area contributed by atoms with E-state index >= 15 is 0 Å². The lowest BCUT2D eigenvalue weighted by Crippen LogP contribution is -2.34. The molecule has 1 nitrogen and oxygen atoms in total. The smallest absolute Gasteiger partial charge is 0.142 e. The lowest BCUT2D eigenvalue weighted by atomic mass is 9.97. The van der Waals surface area contributed by atoms with Gasteiger partial charge in [0.2, 0.25) is 0 Å². The summed E-state index contributed by atoms with van der Waals surface area (Å²) in [6.45, 7) is 7.62. The van der Waals surface area contributed by atoms with Crippen molar-refractivity contribution in [3.8, 4) is 0 Å². The van der Waals surface area contributed by atoms with Crippen molar-refractivity contribution >= 4 is 11.6 Å². The van der Waals surface area contributed by atoms with E-state index in [-0.39, 0.29) is 10.8 Å². The fourth-order valence-corrected chi connectivity index (χ4v) is 2.96. The second-order valence-electron chi connectivity index (χ2n) is 5.88. The number of hydrogen-bond acceptors (Lipinski definition) is 1. The summed E-state index contributed by atoms with van der Waals surface area (Å²) < 4.78 is 13.4. The van der Waals surface area contributed by atoms with E-state index in [1.54, 1.807) is 6.07 Å². The van der Waals surface area contributed by atoms with E-state index in [2.05, 4.69) is 26.1 Å². The predicted octanol–water partition coefficient (Wildman–Crippen LogP) is 4.05. The molecule has 1 aromatic carbocycles. The molecule has 0 aliphatic heterocycles. The fourth-order valence-electron chi connectivity index (χ4n) is 2.76. The van der Waals surface area contributed by atoms with Crippen LogP contribution in [0.2, 0.25) is 5.02 Å². The Kier molecular flexibility index (Phi) is 3.98. The molecule has 1 aliphatic rings. The molecule has 0 radical (unpaired) electrons. The van der Waals surface area contributed by atoms with Crippen LogP contribution in [0.4, 0.5) is 4.39 Å². The number of halogens is 2. The molecular weight excluding hydrogens is 249 g/mol. The Hall–Kier alpha value is -0.600. The minimum Gasteiger partial charge on any atom is -0.314 e. The van der Waals surface area contributed by atoms with Gasteiger partial charge < -0.3 is 5.32 Å². The Labute approximate surface area is 114 Å². The van der Waals surface area contributed by atoms with Crippen LogP contribution >= 0.6 is 11.6 Å². The number of likely N-dealkylation sites (N-methyl/N-ethyl adjacent to an activating group) is 1. The Morgan fingerprint density at radius 3 is 2.72 bits per heavy atom. The van der Waals surface area contributed by atoms with Gasteiger partial charge in [0.1, 0.15) is 5.82 Å². The van der Waals surface area contributed by atoms with Crippen LogP contribution in [0.1, 0.15) is 32.8 Å². The first-order chi connectivity index (χ1) is 8.45. The van der Waals surface area contributed by atoms with Gasteiger partial charge in [0.25, 0.3) is 0 Å². The minimum absolute atomic E-state index is 0.277. The molecule has 2 unspecified atom stereocenters. The van der Waals surface area contributed by atoms with Crippen LogP contribution in [0, 0.1) is 17.2 Å². The number of nitrogens with one attached hydrogen (secondary N) is 1. The lowest BCUT2D eigenvalue weighted by molar-refractivity contribution is 0.409. The van der Waals surface area contributed by atoms with Crippen LogP contribution in [0.25, 0.3) is 0 Å². The molecule has 1 N–H and O–H groups in total. The third kappa shape index (κ3) is 2.86. The average Bonchev–Trinajstić information content (AvgIpc) is 2.93. The number of hydrogen-bond donors (Lipinski definition) is 1. The van der Waals surface area contributed by atoms with Crippen LogP contribution < -0.4 is 5.32 Å². The highest BCUT2D eigenvalue weighted by Crippen LogP contribution is 2.54. The molecule has 1 fully saturated rings. The lowest BCUT2D eigenvalue weighted by Gasteiger charge is -2.20. The molecule has 3 heteroatoms. The zero-order chi connectivity index (χ0) is 13.3. The molecule has 0 bridgehead atoms. The van der Waals surface area contributed by atoms with Crippen molar-refractivity contribution in [3.05, 3.63) is 34.6 Å². The summed E-state index contributed by atoms with van der Waals surface area (Å²) in [5.74, 6) is 0.344. The van der Waals surface area contributed by atoms with Gasteiger partial charge in [-0.15, -0.1) is 0 Å². The third-order valence-corrected chi connectivity index (χ3v) is 4.44. The summed E-state index contributed by atoms with van der Waals surface area (Å²) in [6, 6.07) is 5.46. The van der Waals surface area contributed by atoms with Gasteiger partial charge >= 0.3 is 0 Å². The summed E-state index contributed by atoms with van der Waals surface area (Å²) in [6.07, 6.45) is 2.04. The number of rotatable bonds is 5. The molecule has 2 rings (SSSR count). The molecular formula is C15H21ClFN. The van der Waals surface area contributed by atoms with Crippen LogP contribution in [0.5, 0.6) is 0 Å². The molecule has 0 heterocycles. The van der Waals surface area contributed by atoms with Crippen LogP contribution in [-0.2, 0) is 6.42 Å². The van der Waals surface area contributed by atoms with Crippen molar-refractivity contribution in [2.75, 3.05) is 6.54 Å². The van der Waals surface area contributed by atoms with E-state index in [1.165, 1.54) is 12.5 Å². The maximum Gasteiger partial charge on any atom is 0.142 e. The molecule has 0 spiro atoms. The van der Waals surface area contributed by atoms with Gasteiger partial charge in [0.05, 0.1) is 5.02 Å². The van der Waals surface area contributed by atoms with E-state index in [0.717, 1.165) is 18.5 Å². The highest BCUT2D eigenvalue weighted by atomic mass is 35.5. The Balaban J connectivity index is 2.12. The summed E-state index contributed by atoms with van der Waals surface area (Å²) in [4.78, 5) is 0. The quantitative estimate of drug-likeness (QED) is 0.850. The van der Waals surface area contributed by atoms with Gasteiger partial charge in [-0.05, 0) is 42.3 Å². The second-order valence-corrected chi connectivity index (χ2v) is 6.26. The van der Waals surface area contributed by atoms with Crippen molar-refractivity contribution in [1.29, 1.82) is 0 Å². The summed E-state index contributed by atoms with van der Waals surface area (Å²) >= 11 is 6.03. The first-order valence-corrected chi connectivity index (χ1v) is 6.99. The summed E-state index contributed by atoms with van der Waals surface area (Å²) in [5.41, 5.74) is 1.32. The molecule has 18 heavy (non-hydrogen) atoms. The minimum atomic E-state index is -0.320. The van der Waals surface area contributed by atoms with Crippen LogP contribution in [0.3, 0.4) is 0 Å². The van der Waals surface area contributed by atoms with E-state index in [0.29, 0.717) is 17.4 Å². The van der Waals surface area contributed by atoms with Gasteiger partial charge in [-0.1, -0.05) is 44.5 Å². The van der Waals surface area contributed by atoms with Crippen LogP contribution in [0.15, 0.2) is 18.2 Å². The maximum atomic E-state index is 13.4. The molecule has 1 saturated carbocycles. The standard InChI is InChI=1S/C15H21ClFN/c1-4-18-13(11-9-15(11,2)3)8-10-6-5-7-12(17)14(10)16/h5-7,11,13,18H,4,8-9H2,1-3H3. The first kappa shape index (κ1) is 13.8. The molecule has 1 aromatic rings. The highest BCUT2D eigenvalue weighted by molar-refractivity contribution is 6.31. The first-order valence-electron chi connectivity index (χ1n) is 6.62. The zero-order valence-electron chi connectivity index (χ0n) is 11.3. The van der Waals surface area contributed by atoms with Crippen molar-refractivity contribution in [2.45, 2.75) is 39.7 Å². The van der Waals surface area contributed by atoms with Crippen molar-refractivity contribution in [1.82, 2.24) is 5.32 Å². The zero-order valence-corrected chi connectivity index (χ0v) is 12.0. The predicted molar refractivity (Wildman–Crippen MR) is 74.5 cm³/mol. The molecule has 100 valence electrons. The summed E-state index contributed by atoms with van der Waals surface area (Å²) in [7, 11) is 0. The van der Waals surface area contributed by atoms with Gasteiger partial charge in [0.15, 0.2) is 0 Å². The normalized spacial score (nSPS) is 22.8. The monoisotopic (exact) mass is 269 g/mol.